The summed E-state index contributed by atoms with van der Waals surface area (Å²) in [6, 6.07) is 6.83. The first kappa shape index (κ1) is 12.4. The van der Waals surface area contributed by atoms with Gasteiger partial charge in [-0.1, -0.05) is 0 Å². The third-order valence-electron chi connectivity index (χ3n) is 2.28. The number of rotatable bonds is 2. The fourth-order valence-electron chi connectivity index (χ4n) is 1.37. The Morgan fingerprint density at radius 1 is 1.41 bits per heavy atom. The number of hydrogen-bond donors (Lipinski definition) is 2. The van der Waals surface area contributed by atoms with Gasteiger partial charge in [-0.05, 0) is 59.3 Å². The van der Waals surface area contributed by atoms with Crippen molar-refractivity contribution < 1.29 is 9.90 Å². The third-order valence-corrected chi connectivity index (χ3v) is 4.07. The quantitative estimate of drug-likeness (QED) is 0.636. The molecular weight excluding hydrogens is 349 g/mol. The van der Waals surface area contributed by atoms with Crippen LogP contribution in [0, 0.1) is 9.81 Å². The molecule has 17 heavy (non-hydrogen) atoms. The van der Waals surface area contributed by atoms with Gasteiger partial charge in [0, 0.05) is 11.1 Å². The second-order valence-electron chi connectivity index (χ2n) is 3.59. The summed E-state index contributed by atoms with van der Waals surface area (Å²) in [4.78, 5) is 11.9. The number of phenols is 1. The number of anilines is 1. The molecule has 3 nitrogen and oxygen atoms in total. The predicted octanol–water partition coefficient (Wildman–Crippen LogP) is 3.62. The molecule has 88 valence electrons. The van der Waals surface area contributed by atoms with Crippen molar-refractivity contribution >= 4 is 45.5 Å². The number of nitrogens with one attached hydrogen (secondary N) is 1. The SMILES string of the molecule is Cc1cc(NC(=O)c2csc(I)c2)ccc1O. The lowest BCUT2D eigenvalue weighted by molar-refractivity contribution is 0.102. The van der Waals surface area contributed by atoms with E-state index in [0.29, 0.717) is 11.3 Å². The molecule has 0 radical (unpaired) electrons. The Morgan fingerprint density at radius 2 is 2.18 bits per heavy atom. The molecule has 2 N–H and O–H groups in total. The van der Waals surface area contributed by atoms with Gasteiger partial charge in [-0.15, -0.1) is 11.3 Å². The summed E-state index contributed by atoms with van der Waals surface area (Å²) in [5.74, 6) is 0.0994. The average Bonchev–Trinajstić information content (AvgIpc) is 2.70. The molecule has 1 heterocycles. The molecule has 1 aromatic heterocycles. The second-order valence-corrected chi connectivity index (χ2v) is 6.40. The van der Waals surface area contributed by atoms with Crippen molar-refractivity contribution in [1.29, 1.82) is 0 Å². The maximum absolute atomic E-state index is 11.9. The summed E-state index contributed by atoms with van der Waals surface area (Å²) in [5, 5.41) is 14.0. The molecule has 2 rings (SSSR count). The van der Waals surface area contributed by atoms with Gasteiger partial charge in [-0.25, -0.2) is 0 Å². The van der Waals surface area contributed by atoms with Crippen LogP contribution in [0.5, 0.6) is 5.75 Å². The van der Waals surface area contributed by atoms with Gasteiger partial charge in [-0.2, -0.15) is 0 Å². The van der Waals surface area contributed by atoms with E-state index in [1.54, 1.807) is 25.1 Å². The van der Waals surface area contributed by atoms with Crippen LogP contribution in [-0.2, 0) is 0 Å². The van der Waals surface area contributed by atoms with Crippen LogP contribution in [0.4, 0.5) is 5.69 Å². The molecule has 0 fully saturated rings. The highest BCUT2D eigenvalue weighted by Gasteiger charge is 2.08. The van der Waals surface area contributed by atoms with Crippen LogP contribution in [0.1, 0.15) is 15.9 Å². The Hall–Kier alpha value is -1.08. The van der Waals surface area contributed by atoms with Gasteiger partial charge in [0.15, 0.2) is 0 Å². The molecule has 1 aromatic carbocycles. The number of carbonyl (C=O) groups excluding carboxylic acids is 1. The molecule has 0 aliphatic heterocycles. The number of hydrogen-bond acceptors (Lipinski definition) is 3. The number of halogens is 1. The zero-order chi connectivity index (χ0) is 12.4. The Labute approximate surface area is 117 Å². The van der Waals surface area contributed by atoms with Gasteiger partial charge in [0.1, 0.15) is 5.75 Å². The van der Waals surface area contributed by atoms with Gasteiger partial charge in [0.25, 0.3) is 5.91 Å². The van der Waals surface area contributed by atoms with Crippen molar-refractivity contribution in [1.82, 2.24) is 0 Å². The van der Waals surface area contributed by atoms with Crippen LogP contribution >= 0.6 is 33.9 Å². The highest BCUT2D eigenvalue weighted by Crippen LogP contribution is 2.22. The minimum absolute atomic E-state index is 0.130. The smallest absolute Gasteiger partial charge is 0.256 e. The summed E-state index contributed by atoms with van der Waals surface area (Å²) in [6.45, 7) is 1.79. The first-order chi connectivity index (χ1) is 8.06. The Morgan fingerprint density at radius 3 is 2.76 bits per heavy atom. The number of benzene rings is 1. The highest BCUT2D eigenvalue weighted by atomic mass is 127. The second kappa shape index (κ2) is 5.05. The molecule has 0 unspecified atom stereocenters. The molecule has 0 saturated heterocycles. The van der Waals surface area contributed by atoms with Crippen molar-refractivity contribution in [3.05, 3.63) is 43.7 Å². The zero-order valence-corrected chi connectivity index (χ0v) is 12.0. The van der Waals surface area contributed by atoms with Crippen LogP contribution < -0.4 is 5.32 Å². The van der Waals surface area contributed by atoms with Crippen molar-refractivity contribution in [2.24, 2.45) is 0 Å². The van der Waals surface area contributed by atoms with Crippen molar-refractivity contribution in [3.63, 3.8) is 0 Å². The molecule has 1 amide bonds. The molecule has 2 aromatic rings. The molecule has 0 aliphatic rings. The molecule has 0 atom stereocenters. The van der Waals surface area contributed by atoms with Gasteiger partial charge in [0.05, 0.1) is 8.45 Å². The number of aryl methyl sites for hydroxylation is 1. The van der Waals surface area contributed by atoms with E-state index in [9.17, 15) is 9.90 Å². The summed E-state index contributed by atoms with van der Waals surface area (Å²) in [7, 11) is 0. The normalized spacial score (nSPS) is 10.2. The Bertz CT molecular complexity index is 565. The zero-order valence-electron chi connectivity index (χ0n) is 9.03. The fourth-order valence-corrected chi connectivity index (χ4v) is 2.69. The molecular formula is C12H10INO2S. The Kier molecular flexibility index (Phi) is 3.68. The fraction of sp³-hybridized carbons (Fsp3) is 0.0833. The number of amides is 1. The van der Waals surface area contributed by atoms with Gasteiger partial charge in [0.2, 0.25) is 0 Å². The molecule has 0 spiro atoms. The molecule has 0 saturated carbocycles. The summed E-state index contributed by atoms with van der Waals surface area (Å²) < 4.78 is 1.08. The number of aromatic hydroxyl groups is 1. The minimum Gasteiger partial charge on any atom is -0.508 e. The third kappa shape index (κ3) is 2.98. The van der Waals surface area contributed by atoms with Crippen molar-refractivity contribution in [2.45, 2.75) is 6.92 Å². The first-order valence-electron chi connectivity index (χ1n) is 4.91. The number of thiophene rings is 1. The highest BCUT2D eigenvalue weighted by molar-refractivity contribution is 14.1. The molecule has 0 aliphatic carbocycles. The first-order valence-corrected chi connectivity index (χ1v) is 6.87. The van der Waals surface area contributed by atoms with E-state index in [0.717, 1.165) is 8.45 Å². The standard InChI is InChI=1S/C12H10INO2S/c1-7-4-9(2-3-10(7)15)14-12(16)8-5-11(13)17-6-8/h2-6,15H,1H3,(H,14,16). The monoisotopic (exact) mass is 359 g/mol. The van der Waals surface area contributed by atoms with Crippen LogP contribution in [0.2, 0.25) is 0 Å². The number of carbonyl (C=O) groups is 1. The maximum Gasteiger partial charge on any atom is 0.256 e. The topological polar surface area (TPSA) is 49.3 Å². The molecule has 5 heteroatoms. The average molecular weight is 359 g/mol. The minimum atomic E-state index is -0.130. The van der Waals surface area contributed by atoms with E-state index in [4.69, 9.17) is 0 Å². The van der Waals surface area contributed by atoms with E-state index in [1.165, 1.54) is 11.3 Å². The maximum atomic E-state index is 11.9. The largest absolute Gasteiger partial charge is 0.508 e. The summed E-state index contributed by atoms with van der Waals surface area (Å²) in [5.41, 5.74) is 2.08. The summed E-state index contributed by atoms with van der Waals surface area (Å²) >= 11 is 3.71. The molecule has 0 bridgehead atoms. The van der Waals surface area contributed by atoms with Gasteiger partial charge < -0.3 is 10.4 Å². The van der Waals surface area contributed by atoms with E-state index in [2.05, 4.69) is 27.9 Å². The number of phenolic OH excluding ortho intramolecular Hbond substituents is 1. The lowest BCUT2D eigenvalue weighted by Gasteiger charge is -2.05. The van der Waals surface area contributed by atoms with E-state index in [-0.39, 0.29) is 11.7 Å². The lowest BCUT2D eigenvalue weighted by atomic mass is 10.2. The van der Waals surface area contributed by atoms with E-state index < -0.39 is 0 Å². The van der Waals surface area contributed by atoms with Crippen LogP contribution in [-0.4, -0.2) is 11.0 Å². The van der Waals surface area contributed by atoms with Crippen LogP contribution in [0.3, 0.4) is 0 Å². The van der Waals surface area contributed by atoms with Crippen molar-refractivity contribution in [2.75, 3.05) is 5.32 Å². The van der Waals surface area contributed by atoms with Crippen LogP contribution in [0.25, 0.3) is 0 Å². The van der Waals surface area contributed by atoms with Crippen LogP contribution in [0.15, 0.2) is 29.6 Å². The Balaban J connectivity index is 2.15. The lowest BCUT2D eigenvalue weighted by Crippen LogP contribution is -2.10. The van der Waals surface area contributed by atoms with E-state index in [1.807, 2.05) is 11.4 Å². The van der Waals surface area contributed by atoms with Crippen molar-refractivity contribution in [3.8, 4) is 5.75 Å². The summed E-state index contributed by atoms with van der Waals surface area (Å²) in [6.07, 6.45) is 0. The van der Waals surface area contributed by atoms with E-state index >= 15 is 0 Å². The van der Waals surface area contributed by atoms with Gasteiger partial charge in [-0.3, -0.25) is 4.79 Å². The predicted molar refractivity (Wildman–Crippen MR) is 77.8 cm³/mol. The van der Waals surface area contributed by atoms with Gasteiger partial charge >= 0.3 is 0 Å².